The number of aryl methyl sites for hydroxylation is 2. The van der Waals surface area contributed by atoms with E-state index in [4.69, 9.17) is 0 Å². The Morgan fingerprint density at radius 3 is 2.04 bits per heavy atom. The summed E-state index contributed by atoms with van der Waals surface area (Å²) < 4.78 is 27.9. The zero-order valence-electron chi connectivity index (χ0n) is 15.8. The predicted molar refractivity (Wildman–Crippen MR) is 99.3 cm³/mol. The number of hydrogen-bond donors (Lipinski definition) is 1. The number of sulfonamides is 1. The first kappa shape index (κ1) is 19.9. The summed E-state index contributed by atoms with van der Waals surface area (Å²) in [6, 6.07) is 2.03. The number of rotatable bonds is 5. The van der Waals surface area contributed by atoms with Crippen molar-refractivity contribution >= 4 is 15.9 Å². The minimum Gasteiger partial charge on any atom is -0.340 e. The maximum atomic E-state index is 13.2. The number of nitrogens with zero attached hydrogens (tertiary/aromatic N) is 2. The van der Waals surface area contributed by atoms with Crippen LogP contribution in [0.4, 0.5) is 0 Å². The number of amides is 1. The third kappa shape index (κ3) is 4.04. The van der Waals surface area contributed by atoms with Crippen molar-refractivity contribution in [2.45, 2.75) is 39.0 Å². The average molecular weight is 368 g/mol. The van der Waals surface area contributed by atoms with Crippen molar-refractivity contribution in [2.24, 2.45) is 0 Å². The van der Waals surface area contributed by atoms with E-state index in [9.17, 15) is 13.2 Å². The van der Waals surface area contributed by atoms with Crippen LogP contribution in [0.2, 0.25) is 0 Å². The van der Waals surface area contributed by atoms with Gasteiger partial charge >= 0.3 is 0 Å². The van der Waals surface area contributed by atoms with Gasteiger partial charge in [-0.2, -0.15) is 4.31 Å². The first-order valence-electron chi connectivity index (χ1n) is 8.70. The highest BCUT2D eigenvalue weighted by Gasteiger charge is 2.32. The van der Waals surface area contributed by atoms with E-state index in [1.54, 1.807) is 4.90 Å². The first-order chi connectivity index (χ1) is 11.7. The van der Waals surface area contributed by atoms with Crippen molar-refractivity contribution in [3.05, 3.63) is 28.3 Å². The van der Waals surface area contributed by atoms with Crippen molar-refractivity contribution in [3.8, 4) is 0 Å². The average Bonchev–Trinajstić information content (AvgIpc) is 2.58. The monoisotopic (exact) mass is 367 g/mol. The molecule has 1 aromatic carbocycles. The molecule has 1 heterocycles. The lowest BCUT2D eigenvalue weighted by Crippen LogP contribution is -2.51. The van der Waals surface area contributed by atoms with Crippen LogP contribution in [0.25, 0.3) is 0 Å². The predicted octanol–water partition coefficient (Wildman–Crippen LogP) is 1.36. The highest BCUT2D eigenvalue weighted by molar-refractivity contribution is 7.89. The molecule has 6 nitrogen and oxygen atoms in total. The van der Waals surface area contributed by atoms with Gasteiger partial charge in [0.1, 0.15) is 0 Å². The molecule has 1 N–H and O–H groups in total. The Labute approximate surface area is 151 Å². The van der Waals surface area contributed by atoms with Gasteiger partial charge in [0.15, 0.2) is 0 Å². The lowest BCUT2D eigenvalue weighted by molar-refractivity contribution is -0.132. The van der Waals surface area contributed by atoms with Crippen LogP contribution in [-0.4, -0.2) is 63.3 Å². The molecule has 0 aliphatic carbocycles. The Balaban J connectivity index is 2.20. The lowest BCUT2D eigenvalue weighted by Gasteiger charge is -2.35. The third-order valence-corrected chi connectivity index (χ3v) is 7.25. The van der Waals surface area contributed by atoms with Crippen molar-refractivity contribution in [1.29, 1.82) is 0 Å². The Morgan fingerprint density at radius 1 is 1.04 bits per heavy atom. The molecule has 1 saturated heterocycles. The summed E-state index contributed by atoms with van der Waals surface area (Å²) in [6.45, 7) is 9.85. The fourth-order valence-electron chi connectivity index (χ4n) is 3.26. The molecule has 1 aliphatic heterocycles. The number of hydrogen-bond acceptors (Lipinski definition) is 4. The Kier molecular flexibility index (Phi) is 6.24. The van der Waals surface area contributed by atoms with E-state index < -0.39 is 10.0 Å². The molecule has 1 fully saturated rings. The summed E-state index contributed by atoms with van der Waals surface area (Å²) in [5.74, 6) is 0.0742. The molecule has 0 saturated carbocycles. The van der Waals surface area contributed by atoms with Crippen LogP contribution in [0.5, 0.6) is 0 Å². The highest BCUT2D eigenvalue weighted by Crippen LogP contribution is 2.29. The van der Waals surface area contributed by atoms with Gasteiger partial charge in [0.25, 0.3) is 0 Å². The molecule has 1 aromatic rings. The maximum absolute atomic E-state index is 13.2. The maximum Gasteiger partial charge on any atom is 0.243 e. The summed E-state index contributed by atoms with van der Waals surface area (Å²) in [7, 11) is -1.74. The summed E-state index contributed by atoms with van der Waals surface area (Å²) in [5.41, 5.74) is 3.61. The van der Waals surface area contributed by atoms with Gasteiger partial charge in [-0.15, -0.1) is 0 Å². The fourth-order valence-corrected chi connectivity index (χ4v) is 5.26. The number of benzene rings is 1. The number of piperazine rings is 1. The fraction of sp³-hybridized carbons (Fsp3) is 0.611. The molecule has 0 spiro atoms. The van der Waals surface area contributed by atoms with E-state index in [1.165, 1.54) is 4.31 Å². The zero-order chi connectivity index (χ0) is 18.8. The highest BCUT2D eigenvalue weighted by atomic mass is 32.2. The molecule has 25 heavy (non-hydrogen) atoms. The molecule has 1 amide bonds. The Bertz CT molecular complexity index is 725. The summed E-state index contributed by atoms with van der Waals surface area (Å²) >= 11 is 0. The molecule has 140 valence electrons. The van der Waals surface area contributed by atoms with Crippen LogP contribution in [-0.2, 0) is 14.8 Å². The van der Waals surface area contributed by atoms with Gasteiger partial charge in [-0.3, -0.25) is 4.79 Å². The van der Waals surface area contributed by atoms with Gasteiger partial charge in [0.2, 0.25) is 15.9 Å². The smallest absolute Gasteiger partial charge is 0.243 e. The Hall–Kier alpha value is -1.44. The van der Waals surface area contributed by atoms with E-state index in [-0.39, 0.29) is 5.91 Å². The summed E-state index contributed by atoms with van der Waals surface area (Å²) in [4.78, 5) is 14.3. The van der Waals surface area contributed by atoms with Gasteiger partial charge in [0, 0.05) is 39.1 Å². The molecule has 2 rings (SSSR count). The molecule has 0 atom stereocenters. The van der Waals surface area contributed by atoms with E-state index in [0.29, 0.717) is 44.0 Å². The van der Waals surface area contributed by atoms with Crippen LogP contribution in [0.1, 0.15) is 28.7 Å². The van der Waals surface area contributed by atoms with Crippen LogP contribution < -0.4 is 5.32 Å². The van der Waals surface area contributed by atoms with E-state index in [2.05, 4.69) is 5.32 Å². The minimum atomic E-state index is -3.55. The van der Waals surface area contributed by atoms with Crippen LogP contribution in [0.3, 0.4) is 0 Å². The standard InChI is InChI=1S/C18H29N3O3S/c1-13-12-14(2)16(4)18(15(13)3)25(23,24)21-10-8-20(9-11-21)17(22)6-7-19-5/h12,19H,6-11H2,1-5H3. The second-order valence-corrected chi connectivity index (χ2v) is 8.60. The molecular weight excluding hydrogens is 338 g/mol. The largest absolute Gasteiger partial charge is 0.340 e. The number of carbonyl (C=O) groups is 1. The lowest BCUT2D eigenvalue weighted by atomic mass is 10.0. The van der Waals surface area contributed by atoms with Gasteiger partial charge < -0.3 is 10.2 Å². The summed E-state index contributed by atoms with van der Waals surface area (Å²) in [5, 5.41) is 2.96. The van der Waals surface area contributed by atoms with E-state index in [0.717, 1.165) is 22.3 Å². The molecule has 0 bridgehead atoms. The van der Waals surface area contributed by atoms with Crippen molar-refractivity contribution in [1.82, 2.24) is 14.5 Å². The van der Waals surface area contributed by atoms with Crippen molar-refractivity contribution in [3.63, 3.8) is 0 Å². The topological polar surface area (TPSA) is 69.7 Å². The molecule has 0 unspecified atom stereocenters. The number of nitrogens with one attached hydrogen (secondary N) is 1. The first-order valence-corrected chi connectivity index (χ1v) is 10.1. The zero-order valence-corrected chi connectivity index (χ0v) is 16.7. The van der Waals surface area contributed by atoms with Gasteiger partial charge in [0.05, 0.1) is 4.90 Å². The second-order valence-electron chi connectivity index (χ2n) is 6.73. The van der Waals surface area contributed by atoms with Gasteiger partial charge in [-0.05, 0) is 57.0 Å². The normalized spacial score (nSPS) is 16.3. The summed E-state index contributed by atoms with van der Waals surface area (Å²) in [6.07, 6.45) is 0.443. The Morgan fingerprint density at radius 2 is 1.56 bits per heavy atom. The van der Waals surface area contributed by atoms with E-state index >= 15 is 0 Å². The van der Waals surface area contributed by atoms with Crippen LogP contribution >= 0.6 is 0 Å². The van der Waals surface area contributed by atoms with Gasteiger partial charge in [-0.25, -0.2) is 8.42 Å². The van der Waals surface area contributed by atoms with Crippen molar-refractivity contribution in [2.75, 3.05) is 39.8 Å². The van der Waals surface area contributed by atoms with Crippen LogP contribution in [0.15, 0.2) is 11.0 Å². The minimum absolute atomic E-state index is 0.0742. The molecular formula is C18H29N3O3S. The third-order valence-electron chi connectivity index (χ3n) is 5.08. The van der Waals surface area contributed by atoms with E-state index in [1.807, 2.05) is 40.8 Å². The number of carbonyl (C=O) groups excluding carboxylic acids is 1. The molecule has 0 radical (unpaired) electrons. The quantitative estimate of drug-likeness (QED) is 0.853. The van der Waals surface area contributed by atoms with Crippen molar-refractivity contribution < 1.29 is 13.2 Å². The second kappa shape index (κ2) is 7.85. The molecule has 0 aromatic heterocycles. The van der Waals surface area contributed by atoms with Gasteiger partial charge in [-0.1, -0.05) is 6.07 Å². The SMILES string of the molecule is CNCCC(=O)N1CCN(S(=O)(=O)c2c(C)c(C)cc(C)c2C)CC1. The molecule has 7 heteroatoms. The van der Waals surface area contributed by atoms with Crippen LogP contribution in [0, 0.1) is 27.7 Å². The molecule has 1 aliphatic rings.